The lowest BCUT2D eigenvalue weighted by atomic mass is 10.2. The van der Waals surface area contributed by atoms with Gasteiger partial charge >= 0.3 is 11.9 Å². The maximum atomic E-state index is 11.3. The highest BCUT2D eigenvalue weighted by molar-refractivity contribution is 5.71. The number of carbonyl (C=O) groups excluding carboxylic acids is 2. The third-order valence-corrected chi connectivity index (χ3v) is 2.42. The van der Waals surface area contributed by atoms with E-state index in [0.29, 0.717) is 17.1 Å². The van der Waals surface area contributed by atoms with Gasteiger partial charge in [-0.25, -0.2) is 9.59 Å². The Labute approximate surface area is 129 Å². The number of carbonyl (C=O) groups is 2. The van der Waals surface area contributed by atoms with Gasteiger partial charge in [0, 0.05) is 6.07 Å². The largest absolute Gasteiger partial charge is 0.482 e. The monoisotopic (exact) mass is 306 g/mol. The van der Waals surface area contributed by atoms with E-state index in [1.54, 1.807) is 26.0 Å². The van der Waals surface area contributed by atoms with E-state index in [9.17, 15) is 9.59 Å². The first-order valence-electron chi connectivity index (χ1n) is 6.78. The van der Waals surface area contributed by atoms with Gasteiger partial charge in [0.05, 0.1) is 18.8 Å². The number of ether oxygens (including phenoxy) is 4. The minimum Gasteiger partial charge on any atom is -0.482 e. The van der Waals surface area contributed by atoms with Crippen molar-refractivity contribution in [2.45, 2.75) is 13.8 Å². The molecule has 0 spiro atoms. The van der Waals surface area contributed by atoms with E-state index in [0.717, 1.165) is 0 Å². The fraction of sp³-hybridized carbons (Fsp3) is 0.375. The molecule has 0 aliphatic rings. The van der Waals surface area contributed by atoms with E-state index in [1.807, 2.05) is 0 Å². The van der Waals surface area contributed by atoms with Crippen LogP contribution in [0.25, 0.3) is 0 Å². The van der Waals surface area contributed by atoms with Crippen LogP contribution in [0, 0.1) is 12.3 Å². The van der Waals surface area contributed by atoms with Gasteiger partial charge in [0.1, 0.15) is 11.5 Å². The van der Waals surface area contributed by atoms with E-state index in [-0.39, 0.29) is 26.4 Å². The van der Waals surface area contributed by atoms with Crippen LogP contribution >= 0.6 is 0 Å². The molecule has 0 heterocycles. The highest BCUT2D eigenvalue weighted by atomic mass is 16.6. The summed E-state index contributed by atoms with van der Waals surface area (Å²) in [7, 11) is 0. The summed E-state index contributed by atoms with van der Waals surface area (Å²) in [5.41, 5.74) is 0.466. The molecule has 0 N–H and O–H groups in total. The summed E-state index contributed by atoms with van der Waals surface area (Å²) in [4.78, 5) is 22.5. The highest BCUT2D eigenvalue weighted by Gasteiger charge is 2.09. The molecule has 0 unspecified atom stereocenters. The normalized spacial score (nSPS) is 9.50. The first-order valence-corrected chi connectivity index (χ1v) is 6.78. The zero-order chi connectivity index (χ0) is 16.4. The molecule has 0 fully saturated rings. The summed E-state index contributed by atoms with van der Waals surface area (Å²) in [6.07, 6.45) is 5.37. The van der Waals surface area contributed by atoms with Crippen molar-refractivity contribution < 1.29 is 28.5 Å². The molecular formula is C16H18O6. The molecule has 0 aliphatic carbocycles. The average Bonchev–Trinajstić information content (AvgIpc) is 2.51. The predicted molar refractivity (Wildman–Crippen MR) is 78.6 cm³/mol. The van der Waals surface area contributed by atoms with Crippen LogP contribution < -0.4 is 9.47 Å². The van der Waals surface area contributed by atoms with Crippen molar-refractivity contribution in [1.82, 2.24) is 0 Å². The van der Waals surface area contributed by atoms with Gasteiger partial charge in [0.25, 0.3) is 0 Å². The van der Waals surface area contributed by atoms with Crippen LogP contribution in [0.2, 0.25) is 0 Å². The van der Waals surface area contributed by atoms with Crippen LogP contribution in [0.4, 0.5) is 0 Å². The molecule has 118 valence electrons. The van der Waals surface area contributed by atoms with Gasteiger partial charge in [-0.3, -0.25) is 0 Å². The van der Waals surface area contributed by atoms with Gasteiger partial charge in [-0.1, -0.05) is 5.92 Å². The Morgan fingerprint density at radius 2 is 1.64 bits per heavy atom. The van der Waals surface area contributed by atoms with Crippen LogP contribution in [0.3, 0.4) is 0 Å². The van der Waals surface area contributed by atoms with Crippen LogP contribution in [-0.4, -0.2) is 38.4 Å². The van der Waals surface area contributed by atoms with Crippen LogP contribution in [0.5, 0.6) is 11.5 Å². The van der Waals surface area contributed by atoms with Crippen molar-refractivity contribution in [3.05, 3.63) is 23.8 Å². The number of hydrogen-bond donors (Lipinski definition) is 0. The molecule has 0 radical (unpaired) electrons. The van der Waals surface area contributed by atoms with Gasteiger partial charge in [0.15, 0.2) is 13.2 Å². The smallest absolute Gasteiger partial charge is 0.344 e. The first-order chi connectivity index (χ1) is 10.6. The van der Waals surface area contributed by atoms with E-state index >= 15 is 0 Å². The average molecular weight is 306 g/mol. The summed E-state index contributed by atoms with van der Waals surface area (Å²) in [5.74, 6) is 2.15. The summed E-state index contributed by atoms with van der Waals surface area (Å²) < 4.78 is 20.1. The fourth-order valence-electron chi connectivity index (χ4n) is 1.52. The van der Waals surface area contributed by atoms with Crippen LogP contribution in [0.1, 0.15) is 19.4 Å². The van der Waals surface area contributed by atoms with E-state index in [1.165, 1.54) is 6.07 Å². The molecule has 0 amide bonds. The Morgan fingerprint density at radius 1 is 1.05 bits per heavy atom. The molecule has 0 bridgehead atoms. The van der Waals surface area contributed by atoms with Gasteiger partial charge in [-0.05, 0) is 26.0 Å². The van der Waals surface area contributed by atoms with E-state index in [4.69, 9.17) is 25.4 Å². The second kappa shape index (κ2) is 9.29. The Hall–Kier alpha value is -2.68. The zero-order valence-corrected chi connectivity index (χ0v) is 12.6. The number of esters is 2. The second-order valence-corrected chi connectivity index (χ2v) is 3.99. The Bertz CT molecular complexity index is 558. The molecule has 0 aromatic heterocycles. The van der Waals surface area contributed by atoms with Crippen molar-refractivity contribution in [3.8, 4) is 23.8 Å². The molecule has 6 heteroatoms. The maximum absolute atomic E-state index is 11.3. The van der Waals surface area contributed by atoms with E-state index in [2.05, 4.69) is 5.92 Å². The van der Waals surface area contributed by atoms with Crippen molar-refractivity contribution in [3.63, 3.8) is 0 Å². The standard InChI is InChI=1S/C16H18O6/c1-4-12-7-8-13(21-10-15(17)19-5-2)9-14(12)22-11-16(18)20-6-3/h1,7-9H,5-6,10-11H2,2-3H3. The Kier molecular flexibility index (Phi) is 7.34. The molecule has 0 saturated carbocycles. The molecule has 6 nitrogen and oxygen atoms in total. The number of rotatable bonds is 8. The predicted octanol–water partition coefficient (Wildman–Crippen LogP) is 1.55. The maximum Gasteiger partial charge on any atom is 0.344 e. The SMILES string of the molecule is C#Cc1ccc(OCC(=O)OCC)cc1OCC(=O)OCC. The number of terminal acetylenes is 1. The Balaban J connectivity index is 2.70. The van der Waals surface area contributed by atoms with Crippen molar-refractivity contribution >= 4 is 11.9 Å². The number of hydrogen-bond acceptors (Lipinski definition) is 6. The van der Waals surface area contributed by atoms with E-state index < -0.39 is 11.9 Å². The summed E-state index contributed by atoms with van der Waals surface area (Å²) in [6, 6.07) is 4.71. The molecule has 22 heavy (non-hydrogen) atoms. The lowest BCUT2D eigenvalue weighted by Crippen LogP contribution is -2.16. The lowest BCUT2D eigenvalue weighted by Gasteiger charge is -2.11. The second-order valence-electron chi connectivity index (χ2n) is 3.99. The summed E-state index contributed by atoms with van der Waals surface area (Å²) in [5, 5.41) is 0. The van der Waals surface area contributed by atoms with Gasteiger partial charge in [0.2, 0.25) is 0 Å². The quantitative estimate of drug-likeness (QED) is 0.536. The minimum atomic E-state index is -0.497. The molecule has 0 atom stereocenters. The van der Waals surface area contributed by atoms with Crippen molar-refractivity contribution in [1.29, 1.82) is 0 Å². The molecular weight excluding hydrogens is 288 g/mol. The summed E-state index contributed by atoms with van der Waals surface area (Å²) >= 11 is 0. The topological polar surface area (TPSA) is 71.1 Å². The number of benzene rings is 1. The fourth-order valence-corrected chi connectivity index (χ4v) is 1.52. The Morgan fingerprint density at radius 3 is 2.18 bits per heavy atom. The van der Waals surface area contributed by atoms with Crippen LogP contribution in [0.15, 0.2) is 18.2 Å². The highest BCUT2D eigenvalue weighted by Crippen LogP contribution is 2.24. The third kappa shape index (κ3) is 5.75. The van der Waals surface area contributed by atoms with Crippen LogP contribution in [-0.2, 0) is 19.1 Å². The summed E-state index contributed by atoms with van der Waals surface area (Å²) in [6.45, 7) is 3.49. The first kappa shape index (κ1) is 17.4. The molecule has 1 aromatic rings. The molecule has 1 rings (SSSR count). The van der Waals surface area contributed by atoms with Gasteiger partial charge < -0.3 is 18.9 Å². The zero-order valence-electron chi connectivity index (χ0n) is 12.6. The minimum absolute atomic E-state index is 0.222. The molecule has 1 aromatic carbocycles. The van der Waals surface area contributed by atoms with Crippen molar-refractivity contribution in [2.75, 3.05) is 26.4 Å². The third-order valence-electron chi connectivity index (χ3n) is 2.42. The molecule has 0 saturated heterocycles. The molecule has 0 aliphatic heterocycles. The van der Waals surface area contributed by atoms with Gasteiger partial charge in [-0.2, -0.15) is 0 Å². The lowest BCUT2D eigenvalue weighted by molar-refractivity contribution is -0.146. The van der Waals surface area contributed by atoms with Gasteiger partial charge in [-0.15, -0.1) is 6.42 Å². The van der Waals surface area contributed by atoms with Crippen molar-refractivity contribution in [2.24, 2.45) is 0 Å².